The lowest BCUT2D eigenvalue weighted by Crippen LogP contribution is -2.31. The average Bonchev–Trinajstić information content (AvgIpc) is 2.64. The molecular weight excluding hydrogens is 368 g/mol. The molecule has 0 aliphatic rings. The van der Waals surface area contributed by atoms with Crippen molar-refractivity contribution in [1.29, 1.82) is 0 Å². The first-order chi connectivity index (χ1) is 13.0. The van der Waals surface area contributed by atoms with Crippen molar-refractivity contribution in [2.45, 2.75) is 13.5 Å². The zero-order valence-electron chi connectivity index (χ0n) is 14.8. The highest BCUT2D eigenvalue weighted by atomic mass is 35.5. The van der Waals surface area contributed by atoms with E-state index in [1.54, 1.807) is 18.2 Å². The number of methoxy groups -OCH3 is 1. The molecule has 138 valence electrons. The van der Waals surface area contributed by atoms with Crippen molar-refractivity contribution in [3.8, 4) is 17.0 Å². The number of amides is 1. The average molecular weight is 385 g/mol. The standard InChI is InChI=1S/C19H17ClN4O3/c1-12-3-5-13(6-4-12)16-10-21-24(19(26)23-16)11-18(25)22-14-7-8-17(27-2)15(20)9-14/h3-10H,11H2,1-2H3,(H,22,25). The first-order valence-corrected chi connectivity index (χ1v) is 8.48. The number of carbonyl (C=O) groups is 1. The Morgan fingerprint density at radius 3 is 2.59 bits per heavy atom. The van der Waals surface area contributed by atoms with E-state index in [2.05, 4.69) is 15.4 Å². The second-order valence-electron chi connectivity index (χ2n) is 5.85. The van der Waals surface area contributed by atoms with Crippen LogP contribution in [0.1, 0.15) is 5.56 Å². The topological polar surface area (TPSA) is 86.1 Å². The summed E-state index contributed by atoms with van der Waals surface area (Å²) < 4.78 is 6.06. The second-order valence-corrected chi connectivity index (χ2v) is 6.25. The van der Waals surface area contributed by atoms with Crippen LogP contribution in [0.3, 0.4) is 0 Å². The lowest BCUT2D eigenvalue weighted by molar-refractivity contribution is -0.117. The Morgan fingerprint density at radius 2 is 1.96 bits per heavy atom. The summed E-state index contributed by atoms with van der Waals surface area (Å²) in [5, 5.41) is 7.06. The number of anilines is 1. The number of hydrogen-bond acceptors (Lipinski definition) is 5. The number of carbonyl (C=O) groups excluding carboxylic acids is 1. The van der Waals surface area contributed by atoms with Crippen molar-refractivity contribution in [2.75, 3.05) is 12.4 Å². The molecule has 0 aliphatic carbocycles. The van der Waals surface area contributed by atoms with Gasteiger partial charge in [-0.25, -0.2) is 9.48 Å². The Hall–Kier alpha value is -3.19. The van der Waals surface area contributed by atoms with Gasteiger partial charge in [-0.05, 0) is 25.1 Å². The number of aromatic nitrogens is 3. The number of nitrogens with zero attached hydrogens (tertiary/aromatic N) is 3. The van der Waals surface area contributed by atoms with Gasteiger partial charge in [0.05, 0.1) is 24.0 Å². The maximum atomic E-state index is 12.2. The van der Waals surface area contributed by atoms with Crippen LogP contribution in [-0.2, 0) is 11.3 Å². The van der Waals surface area contributed by atoms with Gasteiger partial charge in [-0.15, -0.1) is 0 Å². The first kappa shape index (κ1) is 18.6. The lowest BCUT2D eigenvalue weighted by Gasteiger charge is -2.09. The summed E-state index contributed by atoms with van der Waals surface area (Å²) in [5.74, 6) is 0.0826. The summed E-state index contributed by atoms with van der Waals surface area (Å²) in [6, 6.07) is 12.4. The molecule has 0 spiro atoms. The third-order valence-corrected chi connectivity index (χ3v) is 4.13. The van der Waals surface area contributed by atoms with Crippen molar-refractivity contribution in [3.05, 3.63) is 69.7 Å². The van der Waals surface area contributed by atoms with E-state index in [1.807, 2.05) is 31.2 Å². The fourth-order valence-corrected chi connectivity index (χ4v) is 2.67. The molecule has 0 atom stereocenters. The predicted octanol–water partition coefficient (Wildman–Crippen LogP) is 2.91. The van der Waals surface area contributed by atoms with Crippen LogP contribution in [0.2, 0.25) is 5.02 Å². The molecule has 0 fully saturated rings. The molecule has 0 unspecified atom stereocenters. The molecule has 1 aromatic heterocycles. The van der Waals surface area contributed by atoms with Crippen LogP contribution in [0.15, 0.2) is 53.5 Å². The summed E-state index contributed by atoms with van der Waals surface area (Å²) in [5.41, 5.74) is 2.24. The summed E-state index contributed by atoms with van der Waals surface area (Å²) in [7, 11) is 1.50. The third kappa shape index (κ3) is 4.51. The molecule has 1 amide bonds. The molecule has 1 heterocycles. The van der Waals surface area contributed by atoms with Crippen molar-refractivity contribution in [1.82, 2.24) is 14.8 Å². The summed E-state index contributed by atoms with van der Waals surface area (Å²) in [6.07, 6.45) is 1.46. The van der Waals surface area contributed by atoms with Crippen LogP contribution >= 0.6 is 11.6 Å². The monoisotopic (exact) mass is 384 g/mol. The fraction of sp³-hybridized carbons (Fsp3) is 0.158. The number of rotatable bonds is 5. The SMILES string of the molecule is COc1ccc(NC(=O)Cn2ncc(-c3ccc(C)cc3)nc2=O)cc1Cl. The number of halogens is 1. The molecule has 1 N–H and O–H groups in total. The molecule has 7 nitrogen and oxygen atoms in total. The second kappa shape index (κ2) is 8.01. The maximum Gasteiger partial charge on any atom is 0.365 e. The van der Waals surface area contributed by atoms with Crippen molar-refractivity contribution in [2.24, 2.45) is 0 Å². The van der Waals surface area contributed by atoms with Gasteiger partial charge in [-0.3, -0.25) is 4.79 Å². The Morgan fingerprint density at radius 1 is 1.22 bits per heavy atom. The van der Waals surface area contributed by atoms with Gasteiger partial charge in [0, 0.05) is 11.3 Å². The Kier molecular flexibility index (Phi) is 5.52. The lowest BCUT2D eigenvalue weighted by atomic mass is 10.1. The van der Waals surface area contributed by atoms with Crippen molar-refractivity contribution in [3.63, 3.8) is 0 Å². The van der Waals surface area contributed by atoms with Gasteiger partial charge in [-0.1, -0.05) is 41.4 Å². The summed E-state index contributed by atoms with van der Waals surface area (Å²) >= 11 is 6.03. The number of benzene rings is 2. The van der Waals surface area contributed by atoms with Crippen molar-refractivity contribution >= 4 is 23.2 Å². The minimum atomic E-state index is -0.601. The van der Waals surface area contributed by atoms with Gasteiger partial charge in [-0.2, -0.15) is 10.1 Å². The molecule has 3 rings (SSSR count). The van der Waals surface area contributed by atoms with E-state index < -0.39 is 11.6 Å². The molecule has 27 heavy (non-hydrogen) atoms. The van der Waals surface area contributed by atoms with Gasteiger partial charge in [0.25, 0.3) is 0 Å². The molecular formula is C19H17ClN4O3. The van der Waals surface area contributed by atoms with Gasteiger partial charge >= 0.3 is 5.69 Å². The van der Waals surface area contributed by atoms with Crippen LogP contribution in [0.4, 0.5) is 5.69 Å². The fourth-order valence-electron chi connectivity index (χ4n) is 2.42. The predicted molar refractivity (Wildman–Crippen MR) is 103 cm³/mol. The minimum absolute atomic E-state index is 0.260. The Bertz CT molecular complexity index is 1030. The summed E-state index contributed by atoms with van der Waals surface area (Å²) in [6.45, 7) is 1.71. The number of aryl methyl sites for hydroxylation is 1. The van der Waals surface area contributed by atoms with E-state index in [1.165, 1.54) is 13.3 Å². The molecule has 8 heteroatoms. The number of ether oxygens (including phenoxy) is 1. The molecule has 0 aliphatic heterocycles. The van der Waals surface area contributed by atoms with Crippen LogP contribution in [0.25, 0.3) is 11.3 Å². The van der Waals surface area contributed by atoms with Crippen LogP contribution in [-0.4, -0.2) is 27.8 Å². The zero-order chi connectivity index (χ0) is 19.4. The van der Waals surface area contributed by atoms with E-state index in [9.17, 15) is 9.59 Å². The van der Waals surface area contributed by atoms with Crippen molar-refractivity contribution < 1.29 is 9.53 Å². The highest BCUT2D eigenvalue weighted by molar-refractivity contribution is 6.32. The van der Waals surface area contributed by atoms with E-state index in [0.717, 1.165) is 15.8 Å². The number of nitrogens with one attached hydrogen (secondary N) is 1. The Balaban J connectivity index is 1.72. The smallest absolute Gasteiger partial charge is 0.365 e. The van der Waals surface area contributed by atoms with Gasteiger partial charge in [0.2, 0.25) is 5.91 Å². The molecule has 0 radical (unpaired) electrons. The zero-order valence-corrected chi connectivity index (χ0v) is 15.5. The molecule has 0 saturated carbocycles. The highest BCUT2D eigenvalue weighted by Gasteiger charge is 2.10. The van der Waals surface area contributed by atoms with E-state index >= 15 is 0 Å². The maximum absolute atomic E-state index is 12.2. The molecule has 0 saturated heterocycles. The van der Waals surface area contributed by atoms with E-state index in [4.69, 9.17) is 16.3 Å². The van der Waals surface area contributed by atoms with E-state index in [0.29, 0.717) is 22.2 Å². The third-order valence-electron chi connectivity index (χ3n) is 3.83. The molecule has 2 aromatic carbocycles. The van der Waals surface area contributed by atoms with Gasteiger partial charge in [0.1, 0.15) is 12.3 Å². The van der Waals surface area contributed by atoms with Crippen LogP contribution < -0.4 is 15.7 Å². The minimum Gasteiger partial charge on any atom is -0.495 e. The van der Waals surface area contributed by atoms with Crippen LogP contribution in [0, 0.1) is 6.92 Å². The Labute approximate surface area is 160 Å². The quantitative estimate of drug-likeness (QED) is 0.731. The van der Waals surface area contributed by atoms with Crippen LogP contribution in [0.5, 0.6) is 5.75 Å². The summed E-state index contributed by atoms with van der Waals surface area (Å²) in [4.78, 5) is 28.4. The van der Waals surface area contributed by atoms with Gasteiger partial charge < -0.3 is 10.1 Å². The first-order valence-electron chi connectivity index (χ1n) is 8.11. The normalized spacial score (nSPS) is 10.5. The van der Waals surface area contributed by atoms with Gasteiger partial charge in [0.15, 0.2) is 0 Å². The number of hydrogen-bond donors (Lipinski definition) is 1. The van der Waals surface area contributed by atoms with E-state index in [-0.39, 0.29) is 6.54 Å². The highest BCUT2D eigenvalue weighted by Crippen LogP contribution is 2.27. The molecule has 3 aromatic rings. The largest absolute Gasteiger partial charge is 0.495 e. The molecule has 0 bridgehead atoms.